The summed E-state index contributed by atoms with van der Waals surface area (Å²) in [6.07, 6.45) is 3.08. The maximum Gasteiger partial charge on any atom is 0.257 e. The molecule has 3 rings (SSSR count). The van der Waals surface area contributed by atoms with Crippen LogP contribution in [0.1, 0.15) is 58.0 Å². The number of carbonyl (C=O) groups is 2. The Labute approximate surface area is 196 Å². The number of halogens is 2. The number of nitrogens with zero attached hydrogens (tertiary/aromatic N) is 1. The van der Waals surface area contributed by atoms with Gasteiger partial charge in [0.25, 0.3) is 5.91 Å². The Hall–Kier alpha value is -3.16. The molecule has 0 radical (unpaired) electrons. The zero-order chi connectivity index (χ0) is 25.0. The van der Waals surface area contributed by atoms with Crippen LogP contribution in [-0.2, 0) is 21.0 Å². The first-order valence-electron chi connectivity index (χ1n) is 10.7. The Morgan fingerprint density at radius 2 is 1.88 bits per heavy atom. The molecule has 0 atom stereocenters. The van der Waals surface area contributed by atoms with E-state index in [0.29, 0.717) is 19.6 Å². The van der Waals surface area contributed by atoms with Crippen LogP contribution in [0.3, 0.4) is 0 Å². The van der Waals surface area contributed by atoms with Gasteiger partial charge in [-0.1, -0.05) is 0 Å². The highest BCUT2D eigenvalue weighted by Crippen LogP contribution is 2.30. The van der Waals surface area contributed by atoms with Gasteiger partial charge < -0.3 is 10.1 Å². The lowest BCUT2D eigenvalue weighted by Crippen LogP contribution is -2.20. The molecule has 1 fully saturated rings. The van der Waals surface area contributed by atoms with Gasteiger partial charge in [-0.05, 0) is 62.8 Å². The predicted molar refractivity (Wildman–Crippen MR) is 120 cm³/mol. The van der Waals surface area contributed by atoms with Gasteiger partial charge in [0.2, 0.25) is 0 Å². The third kappa shape index (κ3) is 5.66. The predicted octanol–water partition coefficient (Wildman–Crippen LogP) is 4.05. The summed E-state index contributed by atoms with van der Waals surface area (Å²) < 4.78 is 59.6. The highest BCUT2D eigenvalue weighted by molar-refractivity contribution is 7.90. The van der Waals surface area contributed by atoms with Crippen LogP contribution in [0.4, 0.5) is 14.5 Å². The van der Waals surface area contributed by atoms with Gasteiger partial charge in [0, 0.05) is 25.0 Å². The molecule has 0 saturated carbocycles. The van der Waals surface area contributed by atoms with Crippen molar-refractivity contribution in [3.8, 4) is 6.07 Å². The van der Waals surface area contributed by atoms with Crippen molar-refractivity contribution < 1.29 is 31.5 Å². The Balaban J connectivity index is 1.97. The molecular weight excluding hydrogens is 466 g/mol. The number of ether oxygens (including phenoxy) is 1. The zero-order valence-electron chi connectivity index (χ0n) is 18.8. The molecule has 0 aliphatic carbocycles. The highest BCUT2D eigenvalue weighted by atomic mass is 32.2. The van der Waals surface area contributed by atoms with E-state index in [1.807, 2.05) is 0 Å². The summed E-state index contributed by atoms with van der Waals surface area (Å²) in [5.74, 6) is -3.46. The van der Waals surface area contributed by atoms with Gasteiger partial charge in [0.15, 0.2) is 15.6 Å². The molecule has 0 bridgehead atoms. The van der Waals surface area contributed by atoms with E-state index >= 15 is 4.39 Å². The zero-order valence-corrected chi connectivity index (χ0v) is 19.6. The van der Waals surface area contributed by atoms with Crippen LogP contribution in [0.15, 0.2) is 29.2 Å². The lowest BCUT2D eigenvalue weighted by Gasteiger charge is -2.22. The number of carbonyl (C=O) groups excluding carboxylic acids is 2. The van der Waals surface area contributed by atoms with Crippen molar-refractivity contribution in [2.45, 2.75) is 37.5 Å². The Kier molecular flexibility index (Phi) is 7.79. The maximum atomic E-state index is 15.3. The van der Waals surface area contributed by atoms with Crippen LogP contribution in [0.25, 0.3) is 0 Å². The number of benzene rings is 2. The monoisotopic (exact) mass is 490 g/mol. The third-order valence-electron chi connectivity index (χ3n) is 5.81. The lowest BCUT2D eigenvalue weighted by atomic mass is 9.91. The molecule has 180 valence electrons. The first-order valence-corrected chi connectivity index (χ1v) is 12.6. The second-order valence-corrected chi connectivity index (χ2v) is 10.3. The van der Waals surface area contributed by atoms with E-state index in [1.54, 1.807) is 6.07 Å². The standard InChI is InChI=1S/C24H24F2N2O5S/c1-14(29)22-20(12-19(25)17(23(22)26)5-3-15-7-9-33-10-8-15)28-24(30)18-11-16(13-27)4-6-21(18)34(2,31)32/h4,6,11-12,15H,3,5,7-10H2,1-2H3,(H,28,30). The van der Waals surface area contributed by atoms with E-state index in [2.05, 4.69) is 5.32 Å². The molecule has 7 nitrogen and oxygen atoms in total. The number of sulfone groups is 1. The van der Waals surface area contributed by atoms with Crippen LogP contribution >= 0.6 is 0 Å². The molecule has 2 aromatic carbocycles. The minimum absolute atomic E-state index is 0.0187. The number of ketones is 1. The number of nitrogens with one attached hydrogen (secondary N) is 1. The molecule has 1 aliphatic rings. The van der Waals surface area contributed by atoms with Crippen molar-refractivity contribution in [1.29, 1.82) is 5.26 Å². The van der Waals surface area contributed by atoms with E-state index in [-0.39, 0.29) is 33.9 Å². The van der Waals surface area contributed by atoms with Crippen molar-refractivity contribution in [1.82, 2.24) is 0 Å². The summed E-state index contributed by atoms with van der Waals surface area (Å²) in [6.45, 7) is 2.29. The number of Topliss-reactive ketones (excluding diaryl/α,β-unsaturated/α-hetero) is 1. The topological polar surface area (TPSA) is 113 Å². The van der Waals surface area contributed by atoms with E-state index in [1.165, 1.54) is 6.07 Å². The maximum absolute atomic E-state index is 15.3. The Morgan fingerprint density at radius 3 is 2.47 bits per heavy atom. The molecule has 10 heteroatoms. The fraction of sp³-hybridized carbons (Fsp3) is 0.375. The number of anilines is 1. The Bertz CT molecular complexity index is 1280. The summed E-state index contributed by atoms with van der Waals surface area (Å²) in [7, 11) is -3.86. The van der Waals surface area contributed by atoms with Gasteiger partial charge >= 0.3 is 0 Å². The Morgan fingerprint density at radius 1 is 1.21 bits per heavy atom. The van der Waals surface area contributed by atoms with E-state index < -0.39 is 44.4 Å². The van der Waals surface area contributed by atoms with Gasteiger partial charge in [-0.2, -0.15) is 5.26 Å². The molecule has 1 heterocycles. The summed E-state index contributed by atoms with van der Waals surface area (Å²) >= 11 is 0. The average Bonchev–Trinajstić information content (AvgIpc) is 2.78. The van der Waals surface area contributed by atoms with Gasteiger partial charge in [-0.25, -0.2) is 17.2 Å². The molecule has 34 heavy (non-hydrogen) atoms. The quantitative estimate of drug-likeness (QED) is 0.586. The van der Waals surface area contributed by atoms with E-state index in [9.17, 15) is 22.4 Å². The van der Waals surface area contributed by atoms with Crippen LogP contribution in [0, 0.1) is 28.9 Å². The van der Waals surface area contributed by atoms with E-state index in [4.69, 9.17) is 10.00 Å². The van der Waals surface area contributed by atoms with Gasteiger partial charge in [-0.15, -0.1) is 0 Å². The van der Waals surface area contributed by atoms with Crippen molar-refractivity contribution >= 4 is 27.2 Å². The van der Waals surface area contributed by atoms with Gasteiger partial charge in [0.1, 0.15) is 11.6 Å². The number of amides is 1. The van der Waals surface area contributed by atoms with Crippen LogP contribution in [0.5, 0.6) is 0 Å². The molecule has 0 unspecified atom stereocenters. The van der Waals surface area contributed by atoms with Gasteiger partial charge in [-0.3, -0.25) is 9.59 Å². The molecule has 1 saturated heterocycles. The molecule has 1 N–H and O–H groups in total. The summed E-state index contributed by atoms with van der Waals surface area (Å²) in [6, 6.07) is 6.08. The van der Waals surface area contributed by atoms with Gasteiger partial charge in [0.05, 0.1) is 33.3 Å². The molecule has 0 aromatic heterocycles. The number of nitriles is 1. The fourth-order valence-electron chi connectivity index (χ4n) is 4.01. The summed E-state index contributed by atoms with van der Waals surface area (Å²) in [4.78, 5) is 24.8. The van der Waals surface area contributed by atoms with E-state index in [0.717, 1.165) is 44.2 Å². The molecule has 0 spiro atoms. The molecule has 1 amide bonds. The lowest BCUT2D eigenvalue weighted by molar-refractivity contribution is 0.0639. The smallest absolute Gasteiger partial charge is 0.257 e. The van der Waals surface area contributed by atoms with Crippen molar-refractivity contribution in [3.05, 3.63) is 58.2 Å². The fourth-order valence-corrected chi connectivity index (χ4v) is 4.87. The van der Waals surface area contributed by atoms with Crippen LogP contribution in [-0.4, -0.2) is 39.6 Å². The second kappa shape index (κ2) is 10.4. The minimum Gasteiger partial charge on any atom is -0.381 e. The normalized spacial score (nSPS) is 14.4. The highest BCUT2D eigenvalue weighted by Gasteiger charge is 2.26. The first-order chi connectivity index (χ1) is 16.0. The van der Waals surface area contributed by atoms with Crippen molar-refractivity contribution in [2.75, 3.05) is 24.8 Å². The van der Waals surface area contributed by atoms with Crippen molar-refractivity contribution in [3.63, 3.8) is 0 Å². The number of rotatable bonds is 7. The van der Waals surface area contributed by atoms with Crippen molar-refractivity contribution in [2.24, 2.45) is 5.92 Å². The SMILES string of the molecule is CC(=O)c1c(NC(=O)c2cc(C#N)ccc2S(C)(=O)=O)cc(F)c(CCC2CCOCC2)c1F. The number of hydrogen-bond donors (Lipinski definition) is 1. The second-order valence-electron chi connectivity index (χ2n) is 8.27. The first kappa shape index (κ1) is 25.5. The molecular formula is C24H24F2N2O5S. The van der Waals surface area contributed by atoms with Crippen LogP contribution < -0.4 is 5.32 Å². The molecule has 1 aliphatic heterocycles. The largest absolute Gasteiger partial charge is 0.381 e. The summed E-state index contributed by atoms with van der Waals surface area (Å²) in [5.41, 5.74) is -1.50. The minimum atomic E-state index is -3.86. The number of hydrogen-bond acceptors (Lipinski definition) is 6. The summed E-state index contributed by atoms with van der Waals surface area (Å²) in [5, 5.41) is 11.4. The molecule has 2 aromatic rings. The third-order valence-corrected chi connectivity index (χ3v) is 6.96. The average molecular weight is 491 g/mol. The van der Waals surface area contributed by atoms with Crippen LogP contribution in [0.2, 0.25) is 0 Å².